The van der Waals surface area contributed by atoms with Crippen LogP contribution in [0.2, 0.25) is 0 Å². The molecule has 2 saturated carbocycles. The van der Waals surface area contributed by atoms with Gasteiger partial charge in [0.25, 0.3) is 0 Å². The highest BCUT2D eigenvalue weighted by molar-refractivity contribution is 6.04. The quantitative estimate of drug-likeness (QED) is 0.615. The molecule has 0 N–H and O–H groups in total. The number of allylic oxidation sites excluding steroid dienone is 1. The van der Waals surface area contributed by atoms with Crippen molar-refractivity contribution in [3.63, 3.8) is 0 Å². The first-order valence-electron chi connectivity index (χ1n) is 6.84. The maximum absolute atomic E-state index is 12.2. The Hall–Kier alpha value is -1.12. The summed E-state index contributed by atoms with van der Waals surface area (Å²) in [6.45, 7) is 6.22. The lowest BCUT2D eigenvalue weighted by Crippen LogP contribution is -2.36. The van der Waals surface area contributed by atoms with Crippen molar-refractivity contribution in [3.8, 4) is 0 Å². The van der Waals surface area contributed by atoms with Crippen LogP contribution in [0.5, 0.6) is 0 Å². The summed E-state index contributed by atoms with van der Waals surface area (Å²) in [6.07, 6.45) is 5.72. The second-order valence-electron chi connectivity index (χ2n) is 6.87. The number of ether oxygens (including phenoxy) is 1. The summed E-state index contributed by atoms with van der Waals surface area (Å²) >= 11 is 0. The standard InChI is InChI=1S/C15H18O3/c1-8-9-4-6-13(2)14(3)10(16)5-7-15(13,14)11(9)18-12(8)17/h5,7-9,11H,4,6H2,1-3H3/t8-,9-,11-,13?,14?,15?/m0/s1. The smallest absolute Gasteiger partial charge is 0.309 e. The highest BCUT2D eigenvalue weighted by Gasteiger charge is 2.90. The Morgan fingerprint density at radius 1 is 1.33 bits per heavy atom. The zero-order valence-corrected chi connectivity index (χ0v) is 11.0. The summed E-state index contributed by atoms with van der Waals surface area (Å²) in [5.41, 5.74) is -0.540. The van der Waals surface area contributed by atoms with Gasteiger partial charge in [-0.25, -0.2) is 0 Å². The van der Waals surface area contributed by atoms with Crippen LogP contribution in [0.3, 0.4) is 0 Å². The number of esters is 1. The van der Waals surface area contributed by atoms with Gasteiger partial charge < -0.3 is 4.74 Å². The van der Waals surface area contributed by atoms with E-state index in [0.29, 0.717) is 5.92 Å². The summed E-state index contributed by atoms with van der Waals surface area (Å²) in [7, 11) is 0. The van der Waals surface area contributed by atoms with E-state index in [4.69, 9.17) is 4.74 Å². The lowest BCUT2D eigenvalue weighted by Gasteiger charge is -2.34. The van der Waals surface area contributed by atoms with Gasteiger partial charge in [-0.1, -0.05) is 26.8 Å². The fourth-order valence-electron chi connectivity index (χ4n) is 5.45. The maximum atomic E-state index is 12.2. The minimum absolute atomic E-state index is 0.00264. The summed E-state index contributed by atoms with van der Waals surface area (Å²) in [5.74, 6) is 0.428. The van der Waals surface area contributed by atoms with Crippen LogP contribution < -0.4 is 0 Å². The lowest BCUT2D eigenvalue weighted by molar-refractivity contribution is -0.146. The minimum atomic E-state index is -0.330. The number of hydrogen-bond donors (Lipinski definition) is 0. The molecule has 0 amide bonds. The van der Waals surface area contributed by atoms with E-state index in [-0.39, 0.29) is 40.0 Å². The van der Waals surface area contributed by atoms with Gasteiger partial charge in [0.15, 0.2) is 5.78 Å². The van der Waals surface area contributed by atoms with Crippen LogP contribution >= 0.6 is 0 Å². The van der Waals surface area contributed by atoms with Crippen LogP contribution in [0.4, 0.5) is 0 Å². The molecule has 0 aromatic heterocycles. The van der Waals surface area contributed by atoms with Gasteiger partial charge in [-0.3, -0.25) is 9.59 Å². The van der Waals surface area contributed by atoms with Crippen LogP contribution in [0.15, 0.2) is 12.2 Å². The number of rotatable bonds is 0. The van der Waals surface area contributed by atoms with E-state index in [2.05, 4.69) is 19.9 Å². The predicted molar refractivity (Wildman–Crippen MR) is 64.6 cm³/mol. The molecule has 6 atom stereocenters. The van der Waals surface area contributed by atoms with Crippen LogP contribution in [-0.4, -0.2) is 17.9 Å². The first-order valence-corrected chi connectivity index (χ1v) is 6.84. The van der Waals surface area contributed by atoms with Gasteiger partial charge in [0.1, 0.15) is 6.10 Å². The molecule has 0 aromatic carbocycles. The van der Waals surface area contributed by atoms with Crippen molar-refractivity contribution in [2.24, 2.45) is 28.1 Å². The molecule has 18 heavy (non-hydrogen) atoms. The zero-order valence-electron chi connectivity index (χ0n) is 11.0. The molecule has 3 nitrogen and oxygen atoms in total. The molecule has 4 aliphatic rings. The molecule has 0 bridgehead atoms. The maximum Gasteiger partial charge on any atom is 0.309 e. The Kier molecular flexibility index (Phi) is 1.55. The molecule has 3 heteroatoms. The van der Waals surface area contributed by atoms with E-state index in [1.165, 1.54) is 0 Å². The zero-order chi connectivity index (χ0) is 12.9. The van der Waals surface area contributed by atoms with Crippen LogP contribution in [0.25, 0.3) is 0 Å². The molecular weight excluding hydrogens is 228 g/mol. The van der Waals surface area contributed by atoms with Gasteiger partial charge in [0.2, 0.25) is 0 Å². The average Bonchev–Trinajstić information content (AvgIpc) is 2.56. The SMILES string of the molecule is C[C@@H]1C(=O)O[C@H]2[C@H]1CCC1(C)C3(C)C(=O)C=CC213. The van der Waals surface area contributed by atoms with Gasteiger partial charge in [0, 0.05) is 16.7 Å². The Labute approximate surface area is 107 Å². The monoisotopic (exact) mass is 246 g/mol. The fourth-order valence-corrected chi connectivity index (χ4v) is 5.45. The van der Waals surface area contributed by atoms with Gasteiger partial charge in [0.05, 0.1) is 5.92 Å². The third-order valence-electron chi connectivity index (χ3n) is 6.84. The number of hydrogen-bond acceptors (Lipinski definition) is 3. The molecule has 0 aromatic rings. The Bertz CT molecular complexity index is 522. The first kappa shape index (κ1) is 10.8. The van der Waals surface area contributed by atoms with Crippen molar-refractivity contribution in [1.82, 2.24) is 0 Å². The molecule has 1 aliphatic heterocycles. The highest BCUT2D eigenvalue weighted by atomic mass is 16.6. The largest absolute Gasteiger partial charge is 0.461 e. The summed E-state index contributed by atoms with van der Waals surface area (Å²) in [4.78, 5) is 24.1. The normalized spacial score (nSPS) is 60.1. The molecule has 3 fully saturated rings. The second-order valence-corrected chi connectivity index (χ2v) is 6.87. The van der Waals surface area contributed by atoms with Gasteiger partial charge in [-0.05, 0) is 24.3 Å². The van der Waals surface area contributed by atoms with Gasteiger partial charge in [-0.15, -0.1) is 0 Å². The molecule has 1 saturated heterocycles. The Balaban J connectivity index is 1.87. The van der Waals surface area contributed by atoms with Crippen molar-refractivity contribution in [1.29, 1.82) is 0 Å². The van der Waals surface area contributed by atoms with Crippen molar-refractivity contribution < 1.29 is 14.3 Å². The van der Waals surface area contributed by atoms with E-state index in [0.717, 1.165) is 12.8 Å². The molecule has 96 valence electrons. The van der Waals surface area contributed by atoms with Crippen molar-refractivity contribution in [2.75, 3.05) is 0 Å². The van der Waals surface area contributed by atoms with Crippen molar-refractivity contribution >= 4 is 11.8 Å². The number of ketones is 1. The molecule has 4 rings (SSSR count). The molecule has 1 spiro atoms. The van der Waals surface area contributed by atoms with Gasteiger partial charge in [-0.2, -0.15) is 0 Å². The highest BCUT2D eigenvalue weighted by Crippen LogP contribution is 2.87. The van der Waals surface area contributed by atoms with E-state index in [1.54, 1.807) is 6.08 Å². The predicted octanol–water partition coefficient (Wildman–Crippen LogP) is 2.11. The van der Waals surface area contributed by atoms with E-state index < -0.39 is 0 Å². The number of carbonyl (C=O) groups is 2. The molecule has 1 heterocycles. The Morgan fingerprint density at radius 3 is 2.78 bits per heavy atom. The Morgan fingerprint density at radius 2 is 2.06 bits per heavy atom. The third kappa shape index (κ3) is 0.703. The molecule has 3 unspecified atom stereocenters. The number of fused-ring (bicyclic) bond motifs is 2. The third-order valence-corrected chi connectivity index (χ3v) is 6.84. The lowest BCUT2D eigenvalue weighted by atomic mass is 9.70. The molecule has 0 radical (unpaired) electrons. The van der Waals surface area contributed by atoms with Crippen molar-refractivity contribution in [2.45, 2.75) is 39.7 Å². The number of carbonyl (C=O) groups excluding carboxylic acids is 2. The summed E-state index contributed by atoms with van der Waals surface area (Å²) in [5, 5.41) is 0. The molecule has 3 aliphatic carbocycles. The van der Waals surface area contributed by atoms with Gasteiger partial charge >= 0.3 is 5.97 Å². The van der Waals surface area contributed by atoms with E-state index in [9.17, 15) is 9.59 Å². The van der Waals surface area contributed by atoms with E-state index >= 15 is 0 Å². The second kappa shape index (κ2) is 2.59. The van der Waals surface area contributed by atoms with E-state index in [1.807, 2.05) is 6.92 Å². The minimum Gasteiger partial charge on any atom is -0.461 e. The van der Waals surface area contributed by atoms with Crippen LogP contribution in [0.1, 0.15) is 33.6 Å². The topological polar surface area (TPSA) is 43.4 Å². The average molecular weight is 246 g/mol. The van der Waals surface area contributed by atoms with Crippen molar-refractivity contribution in [3.05, 3.63) is 12.2 Å². The van der Waals surface area contributed by atoms with Crippen LogP contribution in [-0.2, 0) is 14.3 Å². The van der Waals surface area contributed by atoms with Crippen LogP contribution in [0, 0.1) is 28.1 Å². The summed E-state index contributed by atoms with van der Waals surface area (Å²) in [6, 6.07) is 0. The fraction of sp³-hybridized carbons (Fsp3) is 0.733. The molecular formula is C15H18O3. The summed E-state index contributed by atoms with van der Waals surface area (Å²) < 4.78 is 5.67. The first-order chi connectivity index (χ1) is 8.40.